The summed E-state index contributed by atoms with van der Waals surface area (Å²) >= 11 is 0.975. The molecule has 2 unspecified atom stereocenters. The maximum Gasteiger partial charge on any atom is 0.331 e. The molecule has 1 saturated heterocycles. The molecule has 1 fully saturated rings. The average molecular weight is 473 g/mol. The van der Waals surface area contributed by atoms with E-state index >= 15 is 0 Å². The average Bonchev–Trinajstić information content (AvgIpc) is 3.29. The van der Waals surface area contributed by atoms with Gasteiger partial charge in [-0.15, -0.1) is 0 Å². The number of amides is 3. The van der Waals surface area contributed by atoms with Gasteiger partial charge in [0.05, 0.1) is 16.3 Å². The number of hydrogen-bond acceptors (Lipinski definition) is 5. The summed E-state index contributed by atoms with van der Waals surface area (Å²) in [4.78, 5) is 52.2. The Kier molecular flexibility index (Phi) is 4.82. The number of aliphatic carboxylic acids is 1. The van der Waals surface area contributed by atoms with Crippen molar-refractivity contribution in [3.63, 3.8) is 0 Å². The zero-order chi connectivity index (χ0) is 23.6. The summed E-state index contributed by atoms with van der Waals surface area (Å²) < 4.78 is 30.2. The third kappa shape index (κ3) is 3.22. The zero-order valence-electron chi connectivity index (χ0n) is 17.2. The molecule has 0 bridgehead atoms. The quantitative estimate of drug-likeness (QED) is 0.590. The first-order valence-corrected chi connectivity index (χ1v) is 10.9. The van der Waals surface area contributed by atoms with Crippen molar-refractivity contribution < 1.29 is 28.3 Å². The van der Waals surface area contributed by atoms with E-state index in [1.807, 2.05) is 0 Å². The number of urea groups is 1. The number of thiazole rings is 1. The smallest absolute Gasteiger partial charge is 0.331 e. The SMILES string of the molecule is Cn1c(=O)sc2cc(N3CC(C(=O)O)C(=O)N(C4CCc5c(F)cc(F)cc54)C3=O)ccc21. The lowest BCUT2D eigenvalue weighted by Crippen LogP contribution is -2.59. The Bertz CT molecular complexity index is 1420. The number of hydrogen-bond donors (Lipinski definition) is 1. The lowest BCUT2D eigenvalue weighted by atomic mass is 9.99. The third-order valence-corrected chi connectivity index (χ3v) is 7.25. The van der Waals surface area contributed by atoms with Crippen molar-refractivity contribution in [2.24, 2.45) is 13.0 Å². The highest BCUT2D eigenvalue weighted by Crippen LogP contribution is 2.41. The third-order valence-electron chi connectivity index (χ3n) is 6.26. The van der Waals surface area contributed by atoms with Crippen molar-refractivity contribution in [3.05, 3.63) is 62.8 Å². The van der Waals surface area contributed by atoms with Gasteiger partial charge in [-0.2, -0.15) is 0 Å². The van der Waals surface area contributed by atoms with Crippen LogP contribution >= 0.6 is 11.3 Å². The van der Waals surface area contributed by atoms with Crippen LogP contribution in [0.15, 0.2) is 35.1 Å². The molecule has 3 aromatic rings. The summed E-state index contributed by atoms with van der Waals surface area (Å²) in [7, 11) is 1.61. The van der Waals surface area contributed by atoms with E-state index in [9.17, 15) is 33.1 Å². The maximum atomic E-state index is 14.3. The van der Waals surface area contributed by atoms with Gasteiger partial charge in [0.2, 0.25) is 5.91 Å². The lowest BCUT2D eigenvalue weighted by Gasteiger charge is -2.40. The molecule has 0 spiro atoms. The van der Waals surface area contributed by atoms with Crippen molar-refractivity contribution >= 4 is 45.1 Å². The fourth-order valence-electron chi connectivity index (χ4n) is 4.60. The Hall–Kier alpha value is -3.60. The first-order chi connectivity index (χ1) is 15.7. The predicted octanol–water partition coefficient (Wildman–Crippen LogP) is 3.04. The van der Waals surface area contributed by atoms with Crippen LogP contribution in [0.2, 0.25) is 0 Å². The molecule has 2 aliphatic rings. The number of nitrogens with zero attached hydrogens (tertiary/aromatic N) is 3. The molecule has 5 rings (SSSR count). The van der Waals surface area contributed by atoms with E-state index in [4.69, 9.17) is 0 Å². The number of carboxylic acids is 1. The van der Waals surface area contributed by atoms with Gasteiger partial charge in [0.1, 0.15) is 11.6 Å². The summed E-state index contributed by atoms with van der Waals surface area (Å²) in [5.74, 6) is -5.48. The van der Waals surface area contributed by atoms with Gasteiger partial charge < -0.3 is 9.67 Å². The van der Waals surface area contributed by atoms with Gasteiger partial charge in [-0.25, -0.2) is 13.6 Å². The Morgan fingerprint density at radius 2 is 1.91 bits per heavy atom. The number of carbonyl (C=O) groups excluding carboxylic acids is 2. The minimum atomic E-state index is -1.55. The van der Waals surface area contributed by atoms with Crippen LogP contribution in [0.5, 0.6) is 0 Å². The minimum absolute atomic E-state index is 0.159. The van der Waals surface area contributed by atoms with Gasteiger partial charge in [-0.05, 0) is 48.2 Å². The van der Waals surface area contributed by atoms with Crippen molar-refractivity contribution in [1.82, 2.24) is 9.47 Å². The van der Waals surface area contributed by atoms with Crippen LogP contribution in [0.25, 0.3) is 10.2 Å². The number of aromatic nitrogens is 1. The second kappa shape index (κ2) is 7.48. The fourth-order valence-corrected chi connectivity index (χ4v) is 5.51. The molecular formula is C22H17F2N3O5S. The highest BCUT2D eigenvalue weighted by atomic mass is 32.1. The topological polar surface area (TPSA) is 99.9 Å². The van der Waals surface area contributed by atoms with Crippen LogP contribution in [-0.2, 0) is 23.1 Å². The Morgan fingerprint density at radius 1 is 1.15 bits per heavy atom. The largest absolute Gasteiger partial charge is 0.481 e. The van der Waals surface area contributed by atoms with Gasteiger partial charge in [0, 0.05) is 25.3 Å². The van der Waals surface area contributed by atoms with Crippen molar-refractivity contribution in [2.75, 3.05) is 11.4 Å². The van der Waals surface area contributed by atoms with Crippen LogP contribution in [-0.4, -0.2) is 39.0 Å². The molecule has 1 aliphatic carbocycles. The second-order valence-corrected chi connectivity index (χ2v) is 9.07. The number of rotatable bonds is 3. The van der Waals surface area contributed by atoms with Crippen LogP contribution < -0.4 is 9.77 Å². The first kappa shape index (κ1) is 21.3. The molecule has 8 nitrogen and oxygen atoms in total. The van der Waals surface area contributed by atoms with Crippen LogP contribution in [0.1, 0.15) is 23.6 Å². The van der Waals surface area contributed by atoms with Gasteiger partial charge in [0.15, 0.2) is 5.92 Å². The number of halogens is 2. The number of anilines is 1. The van der Waals surface area contributed by atoms with E-state index in [2.05, 4.69) is 0 Å². The van der Waals surface area contributed by atoms with Gasteiger partial charge >= 0.3 is 16.9 Å². The van der Waals surface area contributed by atoms with E-state index < -0.39 is 48.0 Å². The van der Waals surface area contributed by atoms with Gasteiger partial charge in [-0.1, -0.05) is 11.3 Å². The predicted molar refractivity (Wildman–Crippen MR) is 115 cm³/mol. The van der Waals surface area contributed by atoms with Gasteiger partial charge in [-0.3, -0.25) is 24.2 Å². The molecule has 0 radical (unpaired) electrons. The van der Waals surface area contributed by atoms with E-state index in [1.165, 1.54) is 4.57 Å². The molecule has 0 saturated carbocycles. The number of fused-ring (bicyclic) bond motifs is 2. The molecule has 1 N–H and O–H groups in total. The molecule has 33 heavy (non-hydrogen) atoms. The van der Waals surface area contributed by atoms with E-state index in [-0.39, 0.29) is 28.8 Å². The van der Waals surface area contributed by atoms with E-state index in [0.717, 1.165) is 33.3 Å². The Morgan fingerprint density at radius 3 is 2.64 bits per heavy atom. The van der Waals surface area contributed by atoms with E-state index in [1.54, 1.807) is 25.2 Å². The monoisotopic (exact) mass is 473 g/mol. The fraction of sp³-hybridized carbons (Fsp3) is 0.273. The molecule has 1 aliphatic heterocycles. The molecule has 1 aromatic heterocycles. The summed E-state index contributed by atoms with van der Waals surface area (Å²) in [5.41, 5.74) is 1.34. The van der Waals surface area contributed by atoms with Crippen molar-refractivity contribution in [1.29, 1.82) is 0 Å². The number of imide groups is 1. The zero-order valence-corrected chi connectivity index (χ0v) is 18.1. The Labute approximate surface area is 189 Å². The molecule has 170 valence electrons. The second-order valence-electron chi connectivity index (χ2n) is 8.08. The van der Waals surface area contributed by atoms with Crippen LogP contribution in [0, 0.1) is 17.6 Å². The minimum Gasteiger partial charge on any atom is -0.481 e. The normalized spacial score (nSPS) is 20.6. The molecule has 2 atom stereocenters. The van der Waals surface area contributed by atoms with Crippen LogP contribution in [0.4, 0.5) is 19.3 Å². The van der Waals surface area contributed by atoms with Gasteiger partial charge in [0.25, 0.3) is 0 Å². The standard InChI is InChI=1S/C22H17F2N3O5S/c1-25-17-4-2-11(8-18(17)33-22(25)32)26-9-14(20(29)30)19(28)27(21(26)31)16-5-3-12-13(16)6-10(23)7-15(12)24/h2,4,6-8,14,16H,3,5,9H2,1H3,(H,29,30). The number of benzene rings is 2. The van der Waals surface area contributed by atoms with Crippen LogP contribution in [0.3, 0.4) is 0 Å². The first-order valence-electron chi connectivity index (χ1n) is 10.1. The molecular weight excluding hydrogens is 456 g/mol. The highest BCUT2D eigenvalue weighted by Gasteiger charge is 2.48. The van der Waals surface area contributed by atoms with Crippen molar-refractivity contribution in [3.8, 4) is 0 Å². The summed E-state index contributed by atoms with van der Waals surface area (Å²) in [6.45, 7) is -0.395. The number of carbonyl (C=O) groups is 3. The molecule has 11 heteroatoms. The molecule has 3 amide bonds. The Balaban J connectivity index is 1.60. The lowest BCUT2D eigenvalue weighted by molar-refractivity contribution is -0.151. The van der Waals surface area contributed by atoms with E-state index in [0.29, 0.717) is 15.9 Å². The summed E-state index contributed by atoms with van der Waals surface area (Å²) in [6.07, 6.45) is 0.345. The molecule has 2 heterocycles. The van der Waals surface area contributed by atoms with Crippen molar-refractivity contribution in [2.45, 2.75) is 18.9 Å². The summed E-state index contributed by atoms with van der Waals surface area (Å²) in [6, 6.07) is 4.87. The molecule has 2 aromatic carbocycles. The maximum absolute atomic E-state index is 14.3. The highest BCUT2D eigenvalue weighted by molar-refractivity contribution is 7.16. The summed E-state index contributed by atoms with van der Waals surface area (Å²) in [5, 5.41) is 9.67. The number of aryl methyl sites for hydroxylation is 1. The number of carboxylic acid groups (broad SMARTS) is 1.